The number of allylic oxidation sites excluding steroid dienone is 2. The first-order valence-corrected chi connectivity index (χ1v) is 6.50. The number of ether oxygens (including phenoxy) is 1. The van der Waals surface area contributed by atoms with E-state index in [0.29, 0.717) is 11.7 Å². The fraction of sp³-hybridized carbons (Fsp3) is 0.786. The summed E-state index contributed by atoms with van der Waals surface area (Å²) >= 11 is 0. The standard InChI is InChI=1S/C14H22O2/c1-11(2)10-16-12-5-8-14(13(15)9-12)6-3-4-7-14/h9,11H,3-8,10H2,1-2H3. The van der Waals surface area contributed by atoms with Crippen LogP contribution in [0.4, 0.5) is 0 Å². The molecule has 0 atom stereocenters. The van der Waals surface area contributed by atoms with Gasteiger partial charge in [-0.25, -0.2) is 0 Å². The van der Waals surface area contributed by atoms with Crippen molar-refractivity contribution in [1.82, 2.24) is 0 Å². The second-order valence-electron chi connectivity index (χ2n) is 5.67. The highest BCUT2D eigenvalue weighted by Crippen LogP contribution is 2.46. The maximum Gasteiger partial charge on any atom is 0.165 e. The summed E-state index contributed by atoms with van der Waals surface area (Å²) in [6, 6.07) is 0. The van der Waals surface area contributed by atoms with Crippen molar-refractivity contribution < 1.29 is 9.53 Å². The molecule has 0 amide bonds. The van der Waals surface area contributed by atoms with Gasteiger partial charge in [-0.2, -0.15) is 0 Å². The molecular formula is C14H22O2. The third-order valence-corrected chi connectivity index (χ3v) is 3.83. The second-order valence-corrected chi connectivity index (χ2v) is 5.67. The molecule has 0 heterocycles. The molecule has 0 aromatic carbocycles. The molecule has 2 nitrogen and oxygen atoms in total. The van der Waals surface area contributed by atoms with E-state index in [0.717, 1.165) is 38.0 Å². The first kappa shape index (κ1) is 11.7. The highest BCUT2D eigenvalue weighted by atomic mass is 16.5. The highest BCUT2D eigenvalue weighted by Gasteiger charge is 2.41. The number of carbonyl (C=O) groups is 1. The lowest BCUT2D eigenvalue weighted by Crippen LogP contribution is -2.30. The summed E-state index contributed by atoms with van der Waals surface area (Å²) in [6.07, 6.45) is 8.38. The molecule has 2 aliphatic rings. The molecule has 0 radical (unpaired) electrons. The van der Waals surface area contributed by atoms with Gasteiger partial charge in [0.2, 0.25) is 0 Å². The number of ketones is 1. The van der Waals surface area contributed by atoms with E-state index in [1.54, 1.807) is 6.08 Å². The molecule has 0 saturated heterocycles. The summed E-state index contributed by atoms with van der Waals surface area (Å²) in [5, 5.41) is 0. The molecule has 0 N–H and O–H groups in total. The van der Waals surface area contributed by atoms with E-state index in [1.807, 2.05) is 0 Å². The van der Waals surface area contributed by atoms with Crippen molar-refractivity contribution >= 4 is 5.78 Å². The minimum absolute atomic E-state index is 0.00465. The molecule has 1 spiro atoms. The minimum atomic E-state index is 0.00465. The lowest BCUT2D eigenvalue weighted by atomic mass is 9.74. The van der Waals surface area contributed by atoms with Crippen molar-refractivity contribution in [3.63, 3.8) is 0 Å². The van der Waals surface area contributed by atoms with Gasteiger partial charge in [0, 0.05) is 17.9 Å². The SMILES string of the molecule is CC(C)COC1=CC(=O)C2(CCCC2)CC1. The predicted octanol–water partition coefficient (Wildman–Crippen LogP) is 3.47. The molecule has 0 unspecified atom stereocenters. The van der Waals surface area contributed by atoms with Gasteiger partial charge in [0.05, 0.1) is 12.4 Å². The smallest absolute Gasteiger partial charge is 0.165 e. The van der Waals surface area contributed by atoms with Crippen molar-refractivity contribution in [2.24, 2.45) is 11.3 Å². The number of rotatable bonds is 3. The van der Waals surface area contributed by atoms with Crippen molar-refractivity contribution in [2.75, 3.05) is 6.61 Å². The van der Waals surface area contributed by atoms with Gasteiger partial charge in [-0.15, -0.1) is 0 Å². The van der Waals surface area contributed by atoms with Crippen LogP contribution in [0.5, 0.6) is 0 Å². The normalized spacial score (nSPS) is 23.9. The average Bonchev–Trinajstić information content (AvgIpc) is 2.70. The van der Waals surface area contributed by atoms with Crippen LogP contribution in [0.2, 0.25) is 0 Å². The summed E-state index contributed by atoms with van der Waals surface area (Å²) in [7, 11) is 0. The number of hydrogen-bond donors (Lipinski definition) is 0. The Morgan fingerprint density at radius 1 is 1.31 bits per heavy atom. The van der Waals surface area contributed by atoms with E-state index in [9.17, 15) is 4.79 Å². The molecule has 0 bridgehead atoms. The van der Waals surface area contributed by atoms with Gasteiger partial charge in [0.25, 0.3) is 0 Å². The fourth-order valence-corrected chi connectivity index (χ4v) is 2.79. The van der Waals surface area contributed by atoms with Gasteiger partial charge in [-0.1, -0.05) is 26.7 Å². The Morgan fingerprint density at radius 3 is 2.56 bits per heavy atom. The Kier molecular flexibility index (Phi) is 3.36. The first-order valence-electron chi connectivity index (χ1n) is 6.50. The molecule has 1 saturated carbocycles. The summed E-state index contributed by atoms with van der Waals surface area (Å²) in [5.41, 5.74) is 0.00465. The maximum absolute atomic E-state index is 12.1. The van der Waals surface area contributed by atoms with E-state index in [4.69, 9.17) is 4.74 Å². The number of hydrogen-bond acceptors (Lipinski definition) is 2. The molecule has 16 heavy (non-hydrogen) atoms. The van der Waals surface area contributed by atoms with E-state index in [-0.39, 0.29) is 5.41 Å². The van der Waals surface area contributed by atoms with Crippen LogP contribution in [0.1, 0.15) is 52.4 Å². The van der Waals surface area contributed by atoms with Gasteiger partial charge in [-0.05, 0) is 25.2 Å². The molecule has 0 aromatic rings. The Hall–Kier alpha value is -0.790. The molecule has 0 aromatic heterocycles. The van der Waals surface area contributed by atoms with Crippen LogP contribution in [0.15, 0.2) is 11.8 Å². The molecule has 2 rings (SSSR count). The summed E-state index contributed by atoms with van der Waals surface area (Å²) in [4.78, 5) is 12.1. The quantitative estimate of drug-likeness (QED) is 0.731. The monoisotopic (exact) mass is 222 g/mol. The van der Waals surface area contributed by atoms with Crippen LogP contribution < -0.4 is 0 Å². The van der Waals surface area contributed by atoms with Crippen LogP contribution in [0, 0.1) is 11.3 Å². The lowest BCUT2D eigenvalue weighted by Gasteiger charge is -2.30. The summed E-state index contributed by atoms with van der Waals surface area (Å²) < 4.78 is 5.66. The third kappa shape index (κ3) is 2.31. The lowest BCUT2D eigenvalue weighted by molar-refractivity contribution is -0.125. The molecule has 0 aliphatic heterocycles. The Bertz CT molecular complexity index is 296. The zero-order chi connectivity index (χ0) is 11.6. The largest absolute Gasteiger partial charge is 0.498 e. The zero-order valence-electron chi connectivity index (χ0n) is 10.4. The van der Waals surface area contributed by atoms with E-state index in [2.05, 4.69) is 13.8 Å². The van der Waals surface area contributed by atoms with E-state index < -0.39 is 0 Å². The van der Waals surface area contributed by atoms with Crippen molar-refractivity contribution in [1.29, 1.82) is 0 Å². The van der Waals surface area contributed by atoms with Crippen LogP contribution in [-0.4, -0.2) is 12.4 Å². The van der Waals surface area contributed by atoms with E-state index in [1.165, 1.54) is 12.8 Å². The van der Waals surface area contributed by atoms with E-state index >= 15 is 0 Å². The van der Waals surface area contributed by atoms with Gasteiger partial charge < -0.3 is 4.74 Å². The Balaban J connectivity index is 1.97. The highest BCUT2D eigenvalue weighted by molar-refractivity contribution is 5.96. The molecular weight excluding hydrogens is 200 g/mol. The van der Waals surface area contributed by atoms with Gasteiger partial charge in [-0.3, -0.25) is 4.79 Å². The maximum atomic E-state index is 12.1. The molecule has 90 valence electrons. The van der Waals surface area contributed by atoms with Crippen LogP contribution >= 0.6 is 0 Å². The van der Waals surface area contributed by atoms with Gasteiger partial charge in [0.1, 0.15) is 0 Å². The molecule has 1 fully saturated rings. The van der Waals surface area contributed by atoms with Gasteiger partial charge >= 0.3 is 0 Å². The fourth-order valence-electron chi connectivity index (χ4n) is 2.79. The topological polar surface area (TPSA) is 26.3 Å². The second kappa shape index (κ2) is 4.60. The number of carbonyl (C=O) groups excluding carboxylic acids is 1. The molecule has 2 aliphatic carbocycles. The molecule has 2 heteroatoms. The van der Waals surface area contributed by atoms with Crippen LogP contribution in [0.3, 0.4) is 0 Å². The summed E-state index contributed by atoms with van der Waals surface area (Å²) in [5.74, 6) is 1.77. The van der Waals surface area contributed by atoms with Crippen LogP contribution in [-0.2, 0) is 9.53 Å². The Morgan fingerprint density at radius 2 is 2.00 bits per heavy atom. The first-order chi connectivity index (χ1) is 7.62. The van der Waals surface area contributed by atoms with Crippen LogP contribution in [0.25, 0.3) is 0 Å². The summed E-state index contributed by atoms with van der Waals surface area (Å²) in [6.45, 7) is 4.99. The zero-order valence-corrected chi connectivity index (χ0v) is 10.4. The van der Waals surface area contributed by atoms with Crippen molar-refractivity contribution in [3.8, 4) is 0 Å². The third-order valence-electron chi connectivity index (χ3n) is 3.83. The van der Waals surface area contributed by atoms with Gasteiger partial charge in [0.15, 0.2) is 5.78 Å². The average molecular weight is 222 g/mol. The van der Waals surface area contributed by atoms with Crippen molar-refractivity contribution in [2.45, 2.75) is 52.4 Å². The Labute approximate surface area is 98.1 Å². The minimum Gasteiger partial charge on any atom is -0.498 e. The van der Waals surface area contributed by atoms with Crippen molar-refractivity contribution in [3.05, 3.63) is 11.8 Å². The predicted molar refractivity (Wildman–Crippen MR) is 64.0 cm³/mol.